The Morgan fingerprint density at radius 3 is 2.95 bits per heavy atom. The van der Waals surface area contributed by atoms with Crippen LogP contribution in [0.3, 0.4) is 0 Å². The Morgan fingerprint density at radius 1 is 1.30 bits per heavy atom. The highest BCUT2D eigenvalue weighted by molar-refractivity contribution is 5.94. The zero-order valence-electron chi connectivity index (χ0n) is 11.3. The molecule has 1 aliphatic heterocycles. The summed E-state index contributed by atoms with van der Waals surface area (Å²) in [5, 5.41) is 8.93. The lowest BCUT2D eigenvalue weighted by Gasteiger charge is -2.35. The SMILES string of the molecule is C[C@@H]1c2cccn2CCN1C(=O)c1cccc(C#N)c1. The van der Waals surface area contributed by atoms with Gasteiger partial charge in [-0.15, -0.1) is 0 Å². The molecule has 2 heterocycles. The van der Waals surface area contributed by atoms with Crippen LogP contribution in [0.2, 0.25) is 0 Å². The molecule has 0 bridgehead atoms. The van der Waals surface area contributed by atoms with Gasteiger partial charge in [-0.1, -0.05) is 6.07 Å². The van der Waals surface area contributed by atoms with Crippen molar-refractivity contribution in [2.75, 3.05) is 6.54 Å². The van der Waals surface area contributed by atoms with Crippen molar-refractivity contribution in [2.24, 2.45) is 0 Å². The fourth-order valence-electron chi connectivity index (χ4n) is 2.74. The van der Waals surface area contributed by atoms with E-state index >= 15 is 0 Å². The van der Waals surface area contributed by atoms with E-state index in [1.165, 1.54) is 0 Å². The number of rotatable bonds is 1. The number of carbonyl (C=O) groups excluding carboxylic acids is 1. The van der Waals surface area contributed by atoms with Crippen LogP contribution in [-0.4, -0.2) is 21.9 Å². The number of carbonyl (C=O) groups is 1. The van der Waals surface area contributed by atoms with Crippen molar-refractivity contribution in [1.82, 2.24) is 9.47 Å². The van der Waals surface area contributed by atoms with Gasteiger partial charge in [0.25, 0.3) is 5.91 Å². The van der Waals surface area contributed by atoms with Crippen molar-refractivity contribution in [3.05, 3.63) is 59.4 Å². The Morgan fingerprint density at radius 2 is 2.15 bits per heavy atom. The first kappa shape index (κ1) is 12.5. The van der Waals surface area contributed by atoms with Gasteiger partial charge in [0.2, 0.25) is 0 Å². The first-order chi connectivity index (χ1) is 9.70. The summed E-state index contributed by atoms with van der Waals surface area (Å²) in [7, 11) is 0. The molecule has 2 aromatic rings. The zero-order valence-corrected chi connectivity index (χ0v) is 11.3. The van der Waals surface area contributed by atoms with Gasteiger partial charge in [0, 0.05) is 30.5 Å². The average Bonchev–Trinajstić information content (AvgIpc) is 2.96. The van der Waals surface area contributed by atoms with E-state index in [1.54, 1.807) is 24.3 Å². The summed E-state index contributed by atoms with van der Waals surface area (Å²) in [5.41, 5.74) is 2.25. The van der Waals surface area contributed by atoms with E-state index in [0.29, 0.717) is 17.7 Å². The maximum Gasteiger partial charge on any atom is 0.254 e. The van der Waals surface area contributed by atoms with Crippen LogP contribution in [0.5, 0.6) is 0 Å². The minimum atomic E-state index is -0.0120. The van der Waals surface area contributed by atoms with Crippen LogP contribution in [0, 0.1) is 11.3 Å². The quantitative estimate of drug-likeness (QED) is 0.795. The van der Waals surface area contributed by atoms with Crippen LogP contribution >= 0.6 is 0 Å². The predicted molar refractivity (Wildman–Crippen MR) is 75.0 cm³/mol. The van der Waals surface area contributed by atoms with Crippen molar-refractivity contribution in [3.63, 3.8) is 0 Å². The minimum Gasteiger partial charge on any atom is -0.348 e. The summed E-state index contributed by atoms with van der Waals surface area (Å²) >= 11 is 0. The molecule has 4 nitrogen and oxygen atoms in total. The second kappa shape index (κ2) is 4.86. The molecule has 0 saturated carbocycles. The highest BCUT2D eigenvalue weighted by atomic mass is 16.2. The van der Waals surface area contributed by atoms with E-state index in [-0.39, 0.29) is 11.9 Å². The van der Waals surface area contributed by atoms with E-state index in [0.717, 1.165) is 12.2 Å². The van der Waals surface area contributed by atoms with Gasteiger partial charge >= 0.3 is 0 Å². The molecule has 1 aliphatic rings. The normalized spacial score (nSPS) is 17.4. The summed E-state index contributed by atoms with van der Waals surface area (Å²) < 4.78 is 2.18. The zero-order chi connectivity index (χ0) is 14.1. The number of hydrogen-bond acceptors (Lipinski definition) is 2. The maximum absolute atomic E-state index is 12.6. The molecule has 1 atom stereocenters. The van der Waals surface area contributed by atoms with Gasteiger partial charge in [-0.25, -0.2) is 0 Å². The van der Waals surface area contributed by atoms with E-state index in [9.17, 15) is 4.79 Å². The number of aromatic nitrogens is 1. The third-order valence-electron chi connectivity index (χ3n) is 3.84. The lowest BCUT2D eigenvalue weighted by atomic mass is 10.1. The van der Waals surface area contributed by atoms with Crippen LogP contribution in [0.15, 0.2) is 42.6 Å². The second-order valence-corrected chi connectivity index (χ2v) is 4.99. The number of nitriles is 1. The van der Waals surface area contributed by atoms with Gasteiger partial charge in [-0.3, -0.25) is 4.79 Å². The Balaban J connectivity index is 1.90. The number of nitrogens with zero attached hydrogens (tertiary/aromatic N) is 3. The molecular weight excluding hydrogens is 250 g/mol. The molecule has 0 N–H and O–H groups in total. The van der Waals surface area contributed by atoms with E-state index in [2.05, 4.69) is 16.7 Å². The molecule has 1 amide bonds. The van der Waals surface area contributed by atoms with Gasteiger partial charge in [0.15, 0.2) is 0 Å². The van der Waals surface area contributed by atoms with Crippen LogP contribution in [0.25, 0.3) is 0 Å². The third kappa shape index (κ3) is 1.97. The largest absolute Gasteiger partial charge is 0.348 e. The Labute approximate surface area is 117 Å². The van der Waals surface area contributed by atoms with Crippen molar-refractivity contribution in [1.29, 1.82) is 5.26 Å². The smallest absolute Gasteiger partial charge is 0.254 e. The van der Waals surface area contributed by atoms with Crippen molar-refractivity contribution >= 4 is 5.91 Å². The molecule has 1 aromatic carbocycles. The minimum absolute atomic E-state index is 0.0120. The van der Waals surface area contributed by atoms with Gasteiger partial charge in [-0.05, 0) is 37.3 Å². The Hall–Kier alpha value is -2.54. The molecule has 0 fully saturated rings. The fourth-order valence-corrected chi connectivity index (χ4v) is 2.74. The molecule has 100 valence electrons. The topological polar surface area (TPSA) is 49.0 Å². The lowest BCUT2D eigenvalue weighted by Crippen LogP contribution is -2.40. The van der Waals surface area contributed by atoms with Crippen LogP contribution in [0.4, 0.5) is 0 Å². The van der Waals surface area contributed by atoms with Crippen molar-refractivity contribution in [3.8, 4) is 6.07 Å². The lowest BCUT2D eigenvalue weighted by molar-refractivity contribution is 0.0644. The highest BCUT2D eigenvalue weighted by Crippen LogP contribution is 2.26. The van der Waals surface area contributed by atoms with Crippen molar-refractivity contribution in [2.45, 2.75) is 19.5 Å². The average molecular weight is 265 g/mol. The predicted octanol–water partition coefficient (Wildman–Crippen LogP) is 2.58. The standard InChI is InChI=1S/C16H15N3O/c1-12-15-6-3-7-18(15)8-9-19(12)16(20)14-5-2-4-13(10-14)11-17/h2-7,10,12H,8-9H2,1H3/t12-/m1/s1. The number of fused-ring (bicyclic) bond motifs is 1. The van der Waals surface area contributed by atoms with Gasteiger partial charge in [0.1, 0.15) is 0 Å². The first-order valence-electron chi connectivity index (χ1n) is 6.67. The summed E-state index contributed by atoms with van der Waals surface area (Å²) in [6.45, 7) is 3.55. The molecule has 0 radical (unpaired) electrons. The van der Waals surface area contributed by atoms with Crippen LogP contribution in [-0.2, 0) is 6.54 Å². The molecule has 0 unspecified atom stereocenters. The summed E-state index contributed by atoms with van der Waals surface area (Å²) in [6, 6.07) is 13.1. The molecule has 0 saturated heterocycles. The maximum atomic E-state index is 12.6. The van der Waals surface area contributed by atoms with Gasteiger partial charge in [0.05, 0.1) is 17.7 Å². The molecule has 0 spiro atoms. The third-order valence-corrected chi connectivity index (χ3v) is 3.84. The molecule has 20 heavy (non-hydrogen) atoms. The first-order valence-corrected chi connectivity index (χ1v) is 6.67. The van der Waals surface area contributed by atoms with Crippen LogP contribution in [0.1, 0.15) is 34.6 Å². The van der Waals surface area contributed by atoms with E-state index in [4.69, 9.17) is 5.26 Å². The van der Waals surface area contributed by atoms with E-state index in [1.807, 2.05) is 24.1 Å². The molecule has 0 aliphatic carbocycles. The highest BCUT2D eigenvalue weighted by Gasteiger charge is 2.28. The number of benzene rings is 1. The molecule has 4 heteroatoms. The second-order valence-electron chi connectivity index (χ2n) is 4.99. The molecule has 1 aromatic heterocycles. The summed E-state index contributed by atoms with van der Waals surface area (Å²) in [5.74, 6) is -0.0120. The van der Waals surface area contributed by atoms with Gasteiger partial charge < -0.3 is 9.47 Å². The fraction of sp³-hybridized carbons (Fsp3) is 0.250. The molecular formula is C16H15N3O. The summed E-state index contributed by atoms with van der Waals surface area (Å²) in [6.07, 6.45) is 2.05. The Kier molecular flexibility index (Phi) is 3.03. The number of hydrogen-bond donors (Lipinski definition) is 0. The van der Waals surface area contributed by atoms with Crippen molar-refractivity contribution < 1.29 is 4.79 Å². The molecule has 3 rings (SSSR count). The van der Waals surface area contributed by atoms with E-state index < -0.39 is 0 Å². The Bertz CT molecular complexity index is 696. The number of amides is 1. The van der Waals surface area contributed by atoms with Crippen LogP contribution < -0.4 is 0 Å². The monoisotopic (exact) mass is 265 g/mol. The van der Waals surface area contributed by atoms with Gasteiger partial charge in [-0.2, -0.15) is 5.26 Å². The summed E-state index contributed by atoms with van der Waals surface area (Å²) in [4.78, 5) is 14.5.